The summed E-state index contributed by atoms with van der Waals surface area (Å²) in [5.41, 5.74) is 17.1. The molecule has 0 atom stereocenters. The van der Waals surface area contributed by atoms with Gasteiger partial charge in [-0.05, 0) is 45.6 Å². The highest BCUT2D eigenvalue weighted by atomic mass is 16.5. The summed E-state index contributed by atoms with van der Waals surface area (Å²) in [6.45, 7) is 0.350. The van der Waals surface area contributed by atoms with Crippen LogP contribution in [-0.4, -0.2) is 53.5 Å². The molecule has 184 valence electrons. The Morgan fingerprint density at radius 1 is 0.686 bits per heavy atom. The van der Waals surface area contributed by atoms with E-state index >= 15 is 0 Å². The van der Waals surface area contributed by atoms with Crippen LogP contribution in [0.15, 0.2) is 34.5 Å². The maximum Gasteiger partial charge on any atom is 0.249 e. The van der Waals surface area contributed by atoms with Gasteiger partial charge in [0.1, 0.15) is 0 Å². The molecule has 2 aromatic rings. The highest BCUT2D eigenvalue weighted by molar-refractivity contribution is 5.96. The van der Waals surface area contributed by atoms with Crippen LogP contribution in [0.2, 0.25) is 0 Å². The molecule has 0 N–H and O–H groups in total. The minimum Gasteiger partial charge on any atom is -0.493 e. The lowest BCUT2D eigenvalue weighted by atomic mass is 10.1. The number of methoxy groups -OCH3 is 4. The first-order valence-electron chi connectivity index (χ1n) is 9.90. The molecule has 0 aromatic heterocycles. The van der Waals surface area contributed by atoms with E-state index in [1.807, 2.05) is 0 Å². The van der Waals surface area contributed by atoms with Crippen LogP contribution in [0, 0.1) is 0 Å². The molecule has 0 aliphatic carbocycles. The number of carbonyl (C=O) groups excluding carboxylic acids is 2. The molecule has 0 bridgehead atoms. The number of hydrogen-bond donors (Lipinski definition) is 0. The van der Waals surface area contributed by atoms with Gasteiger partial charge in [0, 0.05) is 27.4 Å². The predicted octanol–water partition coefficient (Wildman–Crippen LogP) is 4.47. The summed E-state index contributed by atoms with van der Waals surface area (Å²) in [5, 5.41) is 6.11. The van der Waals surface area contributed by atoms with Crippen molar-refractivity contribution in [1.29, 1.82) is 0 Å². The predicted molar refractivity (Wildman–Crippen MR) is 122 cm³/mol. The van der Waals surface area contributed by atoms with Crippen LogP contribution in [0.4, 0.5) is 0 Å². The van der Waals surface area contributed by atoms with Gasteiger partial charge in [0.25, 0.3) is 0 Å². The lowest BCUT2D eigenvalue weighted by Crippen LogP contribution is -2.09. The van der Waals surface area contributed by atoms with Crippen molar-refractivity contribution in [2.45, 2.75) is 6.42 Å². The molecule has 2 amide bonds. The molecule has 14 nitrogen and oxygen atoms in total. The van der Waals surface area contributed by atoms with Gasteiger partial charge in [-0.1, -0.05) is 0 Å². The van der Waals surface area contributed by atoms with E-state index in [1.54, 1.807) is 0 Å². The lowest BCUT2D eigenvalue weighted by Gasteiger charge is -2.17. The van der Waals surface area contributed by atoms with Crippen LogP contribution >= 0.6 is 0 Å². The molecule has 2 aromatic carbocycles. The van der Waals surface area contributed by atoms with Crippen LogP contribution in [0.1, 0.15) is 27.1 Å². The molecule has 0 aliphatic heterocycles. The number of benzene rings is 2. The third-order valence-electron chi connectivity index (χ3n) is 4.47. The largest absolute Gasteiger partial charge is 0.493 e. The number of carbonyl (C=O) groups is 2. The Balaban J connectivity index is 2.11. The first-order valence-corrected chi connectivity index (χ1v) is 9.90. The summed E-state index contributed by atoms with van der Waals surface area (Å²) in [6, 6.07) is 5.50. The Morgan fingerprint density at radius 3 is 1.26 bits per heavy atom. The molecule has 0 radical (unpaired) electrons. The summed E-state index contributed by atoms with van der Waals surface area (Å²) >= 11 is 0. The Morgan fingerprint density at radius 2 is 1.00 bits per heavy atom. The molecule has 0 spiro atoms. The minimum absolute atomic E-state index is 0.0776. The van der Waals surface area contributed by atoms with Crippen LogP contribution < -0.4 is 28.4 Å². The molecule has 0 heterocycles. The summed E-state index contributed by atoms with van der Waals surface area (Å²) in [7, 11) is 5.56. The van der Waals surface area contributed by atoms with Crippen molar-refractivity contribution >= 4 is 11.8 Å². The van der Waals surface area contributed by atoms with Gasteiger partial charge in [0.2, 0.25) is 23.3 Å². The van der Waals surface area contributed by atoms with Gasteiger partial charge in [0.05, 0.1) is 41.7 Å². The maximum atomic E-state index is 11.9. The van der Waals surface area contributed by atoms with Gasteiger partial charge in [-0.25, -0.2) is 0 Å². The zero-order valence-corrected chi connectivity index (χ0v) is 19.4. The molecule has 0 unspecified atom stereocenters. The Bertz CT molecular complexity index is 1050. The van der Waals surface area contributed by atoms with E-state index in [-0.39, 0.29) is 58.8 Å². The van der Waals surface area contributed by atoms with Crippen molar-refractivity contribution in [3.8, 4) is 34.5 Å². The van der Waals surface area contributed by atoms with Crippen molar-refractivity contribution in [3.05, 3.63) is 56.3 Å². The van der Waals surface area contributed by atoms with Gasteiger partial charge < -0.3 is 28.4 Å². The van der Waals surface area contributed by atoms with Gasteiger partial charge in [0.15, 0.2) is 23.0 Å². The summed E-state index contributed by atoms with van der Waals surface area (Å²) < 4.78 is 32.7. The second-order valence-corrected chi connectivity index (χ2v) is 6.46. The third kappa shape index (κ3) is 6.60. The maximum absolute atomic E-state index is 11.9. The fourth-order valence-corrected chi connectivity index (χ4v) is 2.90. The van der Waals surface area contributed by atoms with Crippen LogP contribution in [-0.2, 0) is 0 Å². The van der Waals surface area contributed by atoms with Crippen molar-refractivity contribution < 1.29 is 38.0 Å². The molecule has 14 heteroatoms. The molecule has 0 aliphatic rings. The number of rotatable bonds is 12. The Labute approximate surface area is 199 Å². The van der Waals surface area contributed by atoms with E-state index < -0.39 is 11.8 Å². The van der Waals surface area contributed by atoms with Crippen molar-refractivity contribution in [2.75, 3.05) is 41.7 Å². The Hall–Kier alpha value is -4.80. The highest BCUT2D eigenvalue weighted by Crippen LogP contribution is 2.40. The quantitative estimate of drug-likeness (QED) is 0.182. The molecule has 2 rings (SSSR count). The number of hydrogen-bond acceptors (Lipinski definition) is 8. The second kappa shape index (κ2) is 13.0. The lowest BCUT2D eigenvalue weighted by molar-refractivity contribution is 0.0991. The number of ether oxygens (including phenoxy) is 6. The van der Waals surface area contributed by atoms with Crippen molar-refractivity contribution in [1.82, 2.24) is 0 Å². The van der Waals surface area contributed by atoms with Gasteiger partial charge in [-0.3, -0.25) is 9.59 Å². The summed E-state index contributed by atoms with van der Waals surface area (Å²) in [5.74, 6) is -0.225. The van der Waals surface area contributed by atoms with Crippen LogP contribution in [0.3, 0.4) is 0 Å². The molecule has 0 saturated carbocycles. The van der Waals surface area contributed by atoms with E-state index in [2.05, 4.69) is 20.1 Å². The first kappa shape index (κ1) is 26.5. The SMILES string of the molecule is COc1cc(C(=O)N=[N+]=[N-])cc(OC)c1OCCCOc1c(OC)cc(C(=O)N=[N+]=[N-])cc1OC. The number of amides is 2. The van der Waals surface area contributed by atoms with E-state index in [9.17, 15) is 9.59 Å². The zero-order valence-electron chi connectivity index (χ0n) is 19.4. The van der Waals surface area contributed by atoms with E-state index in [0.29, 0.717) is 6.42 Å². The fourth-order valence-electron chi connectivity index (χ4n) is 2.90. The van der Waals surface area contributed by atoms with E-state index in [1.165, 1.54) is 52.7 Å². The second-order valence-electron chi connectivity index (χ2n) is 6.46. The number of nitrogens with zero attached hydrogens (tertiary/aromatic N) is 6. The van der Waals surface area contributed by atoms with Crippen molar-refractivity contribution in [2.24, 2.45) is 10.2 Å². The standard InChI is InChI=1S/C21H22N6O8/c1-30-14-8-12(20(28)24-26-22)9-15(31-2)18(14)34-6-5-7-35-19-16(32-3)10-13(11-17(19)33-4)21(29)25-27-23/h8-11H,5-7H2,1-4H3. The monoisotopic (exact) mass is 486 g/mol. The normalized spacial score (nSPS) is 9.71. The molecular formula is C21H22N6O8. The number of azide groups is 2. The fraction of sp³-hybridized carbons (Fsp3) is 0.333. The Kier molecular flexibility index (Phi) is 9.85. The van der Waals surface area contributed by atoms with Gasteiger partial charge in [-0.2, -0.15) is 0 Å². The topological polar surface area (TPSA) is 187 Å². The minimum atomic E-state index is -0.793. The third-order valence-corrected chi connectivity index (χ3v) is 4.47. The average molecular weight is 486 g/mol. The highest BCUT2D eigenvalue weighted by Gasteiger charge is 2.19. The molecule has 35 heavy (non-hydrogen) atoms. The van der Waals surface area contributed by atoms with E-state index in [0.717, 1.165) is 0 Å². The molecular weight excluding hydrogens is 464 g/mol. The van der Waals surface area contributed by atoms with Crippen LogP contribution in [0.25, 0.3) is 20.9 Å². The van der Waals surface area contributed by atoms with Crippen LogP contribution in [0.5, 0.6) is 34.5 Å². The van der Waals surface area contributed by atoms with Crippen molar-refractivity contribution in [3.63, 3.8) is 0 Å². The van der Waals surface area contributed by atoms with E-state index in [4.69, 9.17) is 39.5 Å². The summed E-state index contributed by atoms with van der Waals surface area (Å²) in [4.78, 5) is 28.7. The molecule has 0 saturated heterocycles. The first-order chi connectivity index (χ1) is 16.9. The van der Waals surface area contributed by atoms with Gasteiger partial charge in [-0.15, -0.1) is 0 Å². The zero-order chi connectivity index (χ0) is 25.8. The average Bonchev–Trinajstić information content (AvgIpc) is 2.87. The molecule has 0 fully saturated rings. The summed E-state index contributed by atoms with van der Waals surface area (Å²) in [6.07, 6.45) is 0.400. The smallest absolute Gasteiger partial charge is 0.249 e. The van der Waals surface area contributed by atoms with Gasteiger partial charge >= 0.3 is 0 Å².